The molecule has 2 nitrogen and oxygen atoms in total. The van der Waals surface area contributed by atoms with Gasteiger partial charge in [-0.15, -0.1) is 0 Å². The van der Waals surface area contributed by atoms with Crippen LogP contribution >= 0.6 is 0 Å². The van der Waals surface area contributed by atoms with Gasteiger partial charge >= 0.3 is 6.18 Å². The predicted octanol–water partition coefficient (Wildman–Crippen LogP) is 3.44. The summed E-state index contributed by atoms with van der Waals surface area (Å²) in [5.41, 5.74) is 1.50. The molecule has 1 aromatic carbocycles. The van der Waals surface area contributed by atoms with E-state index in [4.69, 9.17) is 0 Å². The third-order valence-electron chi connectivity index (χ3n) is 3.14. The first-order valence-corrected chi connectivity index (χ1v) is 6.04. The molecule has 0 aliphatic carbocycles. The van der Waals surface area contributed by atoms with Crippen molar-refractivity contribution in [1.82, 2.24) is 0 Å². The van der Waals surface area contributed by atoms with Gasteiger partial charge in [0.2, 0.25) is 0 Å². The van der Waals surface area contributed by atoms with Crippen LogP contribution in [0.4, 0.5) is 13.2 Å². The van der Waals surface area contributed by atoms with Gasteiger partial charge in [-0.3, -0.25) is 0 Å². The number of rotatable bonds is 1. The fourth-order valence-electron chi connectivity index (χ4n) is 2.04. The Kier molecular flexibility index (Phi) is 3.69. The summed E-state index contributed by atoms with van der Waals surface area (Å²) in [5.74, 6) is -3.16. The standard InChI is InChI=1S/C14H15F3O2/c1-10-4-6-11(7-5-10)9-12-3-2-8-19-13(12,18)14(15,16)17/h4-7,9,18H,2-3,8H2,1H3/b12-9+. The van der Waals surface area contributed by atoms with Crippen LogP contribution in [0.3, 0.4) is 0 Å². The minimum Gasteiger partial charge on any atom is -0.355 e. The highest BCUT2D eigenvalue weighted by atomic mass is 19.4. The van der Waals surface area contributed by atoms with E-state index in [2.05, 4.69) is 4.74 Å². The second kappa shape index (κ2) is 4.98. The zero-order chi connectivity index (χ0) is 14.1. The van der Waals surface area contributed by atoms with E-state index in [1.807, 2.05) is 19.1 Å². The van der Waals surface area contributed by atoms with Crippen molar-refractivity contribution in [1.29, 1.82) is 0 Å². The second-order valence-electron chi connectivity index (χ2n) is 4.67. The lowest BCUT2D eigenvalue weighted by Crippen LogP contribution is -2.51. The van der Waals surface area contributed by atoms with Crippen molar-refractivity contribution in [2.24, 2.45) is 0 Å². The number of aliphatic hydroxyl groups is 1. The van der Waals surface area contributed by atoms with Crippen molar-refractivity contribution in [3.05, 3.63) is 41.0 Å². The van der Waals surface area contributed by atoms with Gasteiger partial charge in [-0.2, -0.15) is 13.2 Å². The summed E-state index contributed by atoms with van der Waals surface area (Å²) in [6.07, 6.45) is -2.84. The largest absolute Gasteiger partial charge is 0.447 e. The highest BCUT2D eigenvalue weighted by Crippen LogP contribution is 2.42. The van der Waals surface area contributed by atoms with Gasteiger partial charge in [0.05, 0.1) is 6.61 Å². The Morgan fingerprint density at radius 1 is 1.26 bits per heavy atom. The summed E-state index contributed by atoms with van der Waals surface area (Å²) in [7, 11) is 0. The molecule has 1 aliphatic rings. The summed E-state index contributed by atoms with van der Waals surface area (Å²) in [4.78, 5) is 0. The second-order valence-corrected chi connectivity index (χ2v) is 4.67. The first-order valence-electron chi connectivity index (χ1n) is 6.04. The summed E-state index contributed by atoms with van der Waals surface area (Å²) in [5, 5.41) is 9.77. The molecule has 1 heterocycles. The maximum Gasteiger partial charge on any atom is 0.447 e. The number of benzene rings is 1. The first-order chi connectivity index (χ1) is 8.83. The van der Waals surface area contributed by atoms with Crippen molar-refractivity contribution in [2.45, 2.75) is 31.7 Å². The third kappa shape index (κ3) is 2.82. The molecule has 0 spiro atoms. The van der Waals surface area contributed by atoms with E-state index in [0.29, 0.717) is 12.0 Å². The van der Waals surface area contributed by atoms with Gasteiger partial charge in [-0.25, -0.2) is 0 Å². The maximum absolute atomic E-state index is 12.9. The van der Waals surface area contributed by atoms with Gasteiger partial charge in [0.1, 0.15) is 0 Å². The average Bonchev–Trinajstić information content (AvgIpc) is 2.33. The smallest absolute Gasteiger partial charge is 0.355 e. The van der Waals surface area contributed by atoms with Crippen molar-refractivity contribution in [3.8, 4) is 0 Å². The van der Waals surface area contributed by atoms with Crippen LogP contribution in [0, 0.1) is 6.92 Å². The van der Waals surface area contributed by atoms with E-state index in [9.17, 15) is 18.3 Å². The van der Waals surface area contributed by atoms with Gasteiger partial charge in [0, 0.05) is 0 Å². The zero-order valence-corrected chi connectivity index (χ0v) is 10.5. The molecule has 1 fully saturated rings. The fourth-order valence-corrected chi connectivity index (χ4v) is 2.04. The number of hydrogen-bond donors (Lipinski definition) is 1. The maximum atomic E-state index is 12.9. The van der Waals surface area contributed by atoms with Crippen LogP contribution < -0.4 is 0 Å². The van der Waals surface area contributed by atoms with E-state index < -0.39 is 12.0 Å². The van der Waals surface area contributed by atoms with Crippen molar-refractivity contribution in [2.75, 3.05) is 6.61 Å². The molecule has 0 amide bonds. The highest BCUT2D eigenvalue weighted by Gasteiger charge is 2.58. The van der Waals surface area contributed by atoms with E-state index in [1.54, 1.807) is 12.1 Å². The lowest BCUT2D eigenvalue weighted by Gasteiger charge is -2.36. The number of hydrogen-bond acceptors (Lipinski definition) is 2. The molecule has 1 unspecified atom stereocenters. The predicted molar refractivity (Wildman–Crippen MR) is 65.3 cm³/mol. The summed E-state index contributed by atoms with van der Waals surface area (Å²) in [6.45, 7) is 1.80. The molecule has 0 aromatic heterocycles. The topological polar surface area (TPSA) is 29.5 Å². The molecular formula is C14H15F3O2. The lowest BCUT2D eigenvalue weighted by atomic mass is 9.95. The molecule has 1 aromatic rings. The molecule has 104 valence electrons. The molecule has 1 saturated heterocycles. The van der Waals surface area contributed by atoms with Crippen LogP contribution in [0.2, 0.25) is 0 Å². The van der Waals surface area contributed by atoms with Crippen LogP contribution in [-0.2, 0) is 4.74 Å². The molecule has 0 bridgehead atoms. The molecule has 1 N–H and O–H groups in total. The Morgan fingerprint density at radius 2 is 1.89 bits per heavy atom. The van der Waals surface area contributed by atoms with Crippen LogP contribution in [0.1, 0.15) is 24.0 Å². The van der Waals surface area contributed by atoms with Gasteiger partial charge in [0.15, 0.2) is 0 Å². The summed E-state index contributed by atoms with van der Waals surface area (Å²) >= 11 is 0. The normalized spacial score (nSPS) is 26.7. The van der Waals surface area contributed by atoms with E-state index >= 15 is 0 Å². The van der Waals surface area contributed by atoms with Crippen LogP contribution in [0.25, 0.3) is 6.08 Å². The molecule has 5 heteroatoms. The quantitative estimate of drug-likeness (QED) is 0.848. The Labute approximate surface area is 109 Å². The Hall–Kier alpha value is -1.33. The lowest BCUT2D eigenvalue weighted by molar-refractivity contribution is -0.352. The molecule has 0 radical (unpaired) electrons. The number of aryl methyl sites for hydroxylation is 1. The molecular weight excluding hydrogens is 257 g/mol. The van der Waals surface area contributed by atoms with E-state index in [1.165, 1.54) is 6.08 Å². The van der Waals surface area contributed by atoms with Crippen molar-refractivity contribution >= 4 is 6.08 Å². The van der Waals surface area contributed by atoms with Gasteiger partial charge in [-0.05, 0) is 30.9 Å². The molecule has 2 rings (SSSR count). The first kappa shape index (κ1) is 14.1. The molecule has 1 aliphatic heterocycles. The van der Waals surface area contributed by atoms with Crippen molar-refractivity contribution < 1.29 is 23.0 Å². The van der Waals surface area contributed by atoms with Gasteiger partial charge < -0.3 is 9.84 Å². The van der Waals surface area contributed by atoms with Crippen LogP contribution in [0.5, 0.6) is 0 Å². The van der Waals surface area contributed by atoms with Crippen molar-refractivity contribution in [3.63, 3.8) is 0 Å². The summed E-state index contributed by atoms with van der Waals surface area (Å²) in [6, 6.07) is 7.05. The molecule has 0 saturated carbocycles. The monoisotopic (exact) mass is 272 g/mol. The number of alkyl halides is 3. The Morgan fingerprint density at radius 3 is 2.47 bits per heavy atom. The van der Waals surface area contributed by atoms with Crippen LogP contribution in [-0.4, -0.2) is 23.7 Å². The SMILES string of the molecule is Cc1ccc(/C=C2\CCCOC2(O)C(F)(F)F)cc1. The van der Waals surface area contributed by atoms with E-state index in [0.717, 1.165) is 5.56 Å². The Bertz CT molecular complexity index is 476. The zero-order valence-electron chi connectivity index (χ0n) is 10.5. The number of halogens is 3. The van der Waals surface area contributed by atoms with E-state index in [-0.39, 0.29) is 18.6 Å². The van der Waals surface area contributed by atoms with Crippen LogP contribution in [0.15, 0.2) is 29.8 Å². The minimum absolute atomic E-state index is 0.0960. The highest BCUT2D eigenvalue weighted by molar-refractivity contribution is 5.55. The molecule has 19 heavy (non-hydrogen) atoms. The fraction of sp³-hybridized carbons (Fsp3) is 0.429. The van der Waals surface area contributed by atoms with Gasteiger partial charge in [-0.1, -0.05) is 35.9 Å². The molecule has 1 atom stereocenters. The minimum atomic E-state index is -4.83. The Balaban J connectivity index is 2.37. The third-order valence-corrected chi connectivity index (χ3v) is 3.14. The van der Waals surface area contributed by atoms with Gasteiger partial charge in [0.25, 0.3) is 5.79 Å². The summed E-state index contributed by atoms with van der Waals surface area (Å²) < 4.78 is 43.4. The average molecular weight is 272 g/mol. The number of ether oxygens (including phenoxy) is 1.